The lowest BCUT2D eigenvalue weighted by Gasteiger charge is -2.09. The van der Waals surface area contributed by atoms with Crippen molar-refractivity contribution in [3.63, 3.8) is 0 Å². The third-order valence-electron chi connectivity index (χ3n) is 2.41. The fourth-order valence-corrected chi connectivity index (χ4v) is 2.20. The van der Waals surface area contributed by atoms with Gasteiger partial charge in [-0.1, -0.05) is 22.0 Å². The van der Waals surface area contributed by atoms with E-state index in [1.807, 2.05) is 0 Å². The van der Waals surface area contributed by atoms with E-state index in [9.17, 15) is 4.39 Å². The predicted molar refractivity (Wildman–Crippen MR) is 71.1 cm³/mol. The highest BCUT2D eigenvalue weighted by Gasteiger charge is 2.13. The normalized spacial score (nSPS) is 12.7. The van der Waals surface area contributed by atoms with Crippen LogP contribution in [-0.2, 0) is 6.42 Å². The van der Waals surface area contributed by atoms with Crippen LogP contribution in [-0.4, -0.2) is 0 Å². The molecule has 0 saturated heterocycles. The van der Waals surface area contributed by atoms with Gasteiger partial charge in [0.15, 0.2) is 4.67 Å². The van der Waals surface area contributed by atoms with Gasteiger partial charge in [0.2, 0.25) is 0 Å². The third-order valence-corrected chi connectivity index (χ3v) is 3.33. The third kappa shape index (κ3) is 3.18. The second kappa shape index (κ2) is 5.33. The fourth-order valence-electron chi connectivity index (χ4n) is 1.55. The second-order valence-electron chi connectivity index (χ2n) is 3.69. The number of halogens is 3. The van der Waals surface area contributed by atoms with Crippen LogP contribution in [0.4, 0.5) is 4.39 Å². The highest BCUT2D eigenvalue weighted by atomic mass is 79.9. The van der Waals surface area contributed by atoms with E-state index in [1.165, 1.54) is 6.07 Å². The standard InChI is InChI=1S/C12H10Br2FNO/c13-8-2-1-7(9(15)6-8)5-10(16)11-3-4-12(14)17-11/h1-4,6,10H,5,16H2. The highest BCUT2D eigenvalue weighted by molar-refractivity contribution is 9.10. The van der Waals surface area contributed by atoms with Crippen LogP contribution in [0.25, 0.3) is 0 Å². The summed E-state index contributed by atoms with van der Waals surface area (Å²) < 4.78 is 20.3. The summed E-state index contributed by atoms with van der Waals surface area (Å²) in [5, 5.41) is 0. The Bertz CT molecular complexity index is 527. The van der Waals surface area contributed by atoms with Crippen LogP contribution < -0.4 is 5.73 Å². The van der Waals surface area contributed by atoms with Crippen LogP contribution in [0.5, 0.6) is 0 Å². The zero-order chi connectivity index (χ0) is 12.4. The molecule has 2 aromatic rings. The Morgan fingerprint density at radius 3 is 2.59 bits per heavy atom. The van der Waals surface area contributed by atoms with Gasteiger partial charge in [-0.3, -0.25) is 0 Å². The van der Waals surface area contributed by atoms with Crippen molar-refractivity contribution in [3.8, 4) is 0 Å². The highest BCUT2D eigenvalue weighted by Crippen LogP contribution is 2.24. The van der Waals surface area contributed by atoms with Crippen LogP contribution in [0.15, 0.2) is 43.9 Å². The van der Waals surface area contributed by atoms with Crippen molar-refractivity contribution in [2.24, 2.45) is 5.73 Å². The lowest BCUT2D eigenvalue weighted by atomic mass is 10.0. The van der Waals surface area contributed by atoms with Crippen LogP contribution >= 0.6 is 31.9 Å². The maximum Gasteiger partial charge on any atom is 0.169 e. The van der Waals surface area contributed by atoms with E-state index >= 15 is 0 Å². The van der Waals surface area contributed by atoms with Gasteiger partial charge in [0.05, 0.1) is 6.04 Å². The van der Waals surface area contributed by atoms with Gasteiger partial charge < -0.3 is 10.2 Å². The molecule has 0 bridgehead atoms. The molecule has 90 valence electrons. The van der Waals surface area contributed by atoms with Crippen molar-refractivity contribution in [1.82, 2.24) is 0 Å². The van der Waals surface area contributed by atoms with Crippen LogP contribution in [0.1, 0.15) is 17.4 Å². The quantitative estimate of drug-likeness (QED) is 0.889. The summed E-state index contributed by atoms with van der Waals surface area (Å²) in [7, 11) is 0. The Balaban J connectivity index is 2.15. The minimum atomic E-state index is -0.350. The molecular weight excluding hydrogens is 353 g/mol. The monoisotopic (exact) mass is 361 g/mol. The molecule has 0 amide bonds. The largest absolute Gasteiger partial charge is 0.453 e. The zero-order valence-electron chi connectivity index (χ0n) is 8.79. The molecule has 0 aliphatic carbocycles. The summed E-state index contributed by atoms with van der Waals surface area (Å²) >= 11 is 6.42. The molecule has 17 heavy (non-hydrogen) atoms. The van der Waals surface area contributed by atoms with Gasteiger partial charge in [-0.25, -0.2) is 4.39 Å². The number of benzene rings is 1. The fraction of sp³-hybridized carbons (Fsp3) is 0.167. The van der Waals surface area contributed by atoms with Crippen molar-refractivity contribution in [2.75, 3.05) is 0 Å². The summed E-state index contributed by atoms with van der Waals surface area (Å²) in [5.41, 5.74) is 6.53. The Morgan fingerprint density at radius 2 is 2.00 bits per heavy atom. The van der Waals surface area contributed by atoms with Gasteiger partial charge >= 0.3 is 0 Å². The van der Waals surface area contributed by atoms with Gasteiger partial charge in [-0.05, 0) is 52.2 Å². The molecule has 1 heterocycles. The van der Waals surface area contributed by atoms with Crippen LogP contribution in [0.2, 0.25) is 0 Å². The van der Waals surface area contributed by atoms with E-state index in [2.05, 4.69) is 31.9 Å². The first kappa shape index (κ1) is 12.8. The first-order valence-corrected chi connectivity index (χ1v) is 6.59. The molecule has 1 unspecified atom stereocenters. The van der Waals surface area contributed by atoms with Crippen molar-refractivity contribution >= 4 is 31.9 Å². The molecule has 0 fully saturated rings. The van der Waals surface area contributed by atoms with E-state index in [4.69, 9.17) is 10.2 Å². The van der Waals surface area contributed by atoms with E-state index in [1.54, 1.807) is 24.3 Å². The van der Waals surface area contributed by atoms with Gasteiger partial charge in [-0.2, -0.15) is 0 Å². The molecule has 0 spiro atoms. The summed E-state index contributed by atoms with van der Waals surface area (Å²) in [6.45, 7) is 0. The smallest absolute Gasteiger partial charge is 0.169 e. The number of hydrogen-bond acceptors (Lipinski definition) is 2. The number of nitrogens with two attached hydrogens (primary N) is 1. The molecule has 2 rings (SSSR count). The summed E-state index contributed by atoms with van der Waals surface area (Å²) in [6.07, 6.45) is 0.402. The minimum Gasteiger partial charge on any atom is -0.453 e. The molecule has 2 nitrogen and oxygen atoms in total. The molecule has 0 aliphatic rings. The minimum absolute atomic E-state index is 0.263. The Kier molecular flexibility index (Phi) is 4.01. The molecule has 0 aliphatic heterocycles. The van der Waals surface area contributed by atoms with E-state index in [0.717, 1.165) is 0 Å². The molecule has 2 N–H and O–H groups in total. The molecule has 1 atom stereocenters. The molecule has 5 heteroatoms. The second-order valence-corrected chi connectivity index (χ2v) is 5.39. The number of hydrogen-bond donors (Lipinski definition) is 1. The van der Waals surface area contributed by atoms with E-state index in [-0.39, 0.29) is 11.9 Å². The molecule has 0 saturated carbocycles. The van der Waals surface area contributed by atoms with Gasteiger partial charge in [0, 0.05) is 4.47 Å². The van der Waals surface area contributed by atoms with Crippen molar-refractivity contribution < 1.29 is 8.81 Å². The molecular formula is C12H10Br2FNO. The SMILES string of the molecule is NC(Cc1ccc(Br)cc1F)c1ccc(Br)o1. The van der Waals surface area contributed by atoms with Gasteiger partial charge in [-0.15, -0.1) is 0 Å². The maximum atomic E-state index is 13.6. The summed E-state index contributed by atoms with van der Waals surface area (Å²) in [4.78, 5) is 0. The lowest BCUT2D eigenvalue weighted by Crippen LogP contribution is -2.13. The molecule has 0 radical (unpaired) electrons. The Hall–Kier alpha value is -0.650. The maximum absolute atomic E-state index is 13.6. The molecule has 1 aromatic heterocycles. The van der Waals surface area contributed by atoms with Crippen LogP contribution in [0.3, 0.4) is 0 Å². The van der Waals surface area contributed by atoms with E-state index < -0.39 is 0 Å². The number of rotatable bonds is 3. The average molecular weight is 363 g/mol. The van der Waals surface area contributed by atoms with Gasteiger partial charge in [0.1, 0.15) is 11.6 Å². The summed E-state index contributed by atoms with van der Waals surface area (Å²) in [5.74, 6) is 0.375. The Morgan fingerprint density at radius 1 is 1.24 bits per heavy atom. The van der Waals surface area contributed by atoms with Crippen molar-refractivity contribution in [1.29, 1.82) is 0 Å². The topological polar surface area (TPSA) is 39.2 Å². The first-order chi connectivity index (χ1) is 8.06. The zero-order valence-corrected chi connectivity index (χ0v) is 12.0. The van der Waals surface area contributed by atoms with Gasteiger partial charge in [0.25, 0.3) is 0 Å². The summed E-state index contributed by atoms with van der Waals surface area (Å²) in [6, 6.07) is 8.15. The van der Waals surface area contributed by atoms with Crippen molar-refractivity contribution in [2.45, 2.75) is 12.5 Å². The first-order valence-electron chi connectivity index (χ1n) is 5.01. The average Bonchev–Trinajstić information content (AvgIpc) is 2.69. The van der Waals surface area contributed by atoms with E-state index in [0.29, 0.717) is 26.9 Å². The van der Waals surface area contributed by atoms with Crippen molar-refractivity contribution in [3.05, 3.63) is 56.6 Å². The number of furan rings is 1. The molecule has 1 aromatic carbocycles. The Labute approximate surface area is 115 Å². The lowest BCUT2D eigenvalue weighted by molar-refractivity contribution is 0.444. The van der Waals surface area contributed by atoms with Crippen LogP contribution in [0, 0.1) is 5.82 Å². The predicted octanol–water partition coefficient (Wildman–Crippen LogP) is 4.19.